The molecule has 3 heteroatoms. The lowest BCUT2D eigenvalue weighted by Crippen LogP contribution is -2.40. The van der Waals surface area contributed by atoms with Gasteiger partial charge in [0.2, 0.25) is 5.91 Å². The van der Waals surface area contributed by atoms with Gasteiger partial charge < -0.3 is 9.88 Å². The van der Waals surface area contributed by atoms with Gasteiger partial charge in [-0.25, -0.2) is 0 Å². The highest BCUT2D eigenvalue weighted by Crippen LogP contribution is 2.44. The van der Waals surface area contributed by atoms with Gasteiger partial charge in [-0.05, 0) is 48.6 Å². The molecule has 0 spiro atoms. The van der Waals surface area contributed by atoms with Crippen LogP contribution >= 0.6 is 0 Å². The van der Waals surface area contributed by atoms with Crippen molar-refractivity contribution in [2.24, 2.45) is 11.8 Å². The quantitative estimate of drug-likeness (QED) is 0.912. The zero-order valence-electron chi connectivity index (χ0n) is 11.6. The minimum absolute atomic E-state index is 0.156. The van der Waals surface area contributed by atoms with Gasteiger partial charge in [-0.2, -0.15) is 0 Å². The minimum atomic E-state index is 0.156. The Labute approximate surface area is 119 Å². The van der Waals surface area contributed by atoms with Crippen molar-refractivity contribution < 1.29 is 4.79 Å². The van der Waals surface area contributed by atoms with Crippen LogP contribution < -0.4 is 5.32 Å². The molecule has 3 unspecified atom stereocenters. The van der Waals surface area contributed by atoms with Crippen molar-refractivity contribution in [1.29, 1.82) is 0 Å². The molecule has 4 rings (SSSR count). The summed E-state index contributed by atoms with van der Waals surface area (Å²) in [7, 11) is 0. The first-order chi connectivity index (χ1) is 9.79. The van der Waals surface area contributed by atoms with Gasteiger partial charge >= 0.3 is 0 Å². The monoisotopic (exact) mass is 268 g/mol. The summed E-state index contributed by atoms with van der Waals surface area (Å²) in [6, 6.07) is 10.7. The summed E-state index contributed by atoms with van der Waals surface area (Å²) in [5.74, 6) is 1.77. The summed E-state index contributed by atoms with van der Waals surface area (Å²) in [6.45, 7) is 0.432. The zero-order valence-corrected chi connectivity index (χ0v) is 11.6. The lowest BCUT2D eigenvalue weighted by atomic mass is 9.95. The number of carbonyl (C=O) groups is 1. The number of rotatable bonds is 3. The van der Waals surface area contributed by atoms with Crippen LogP contribution in [0.15, 0.2) is 36.5 Å². The van der Waals surface area contributed by atoms with Gasteiger partial charge in [0.25, 0.3) is 0 Å². The molecule has 2 bridgehead atoms. The number of nitrogens with one attached hydrogen (secondary N) is 1. The van der Waals surface area contributed by atoms with Crippen molar-refractivity contribution in [3.63, 3.8) is 0 Å². The first-order valence-electron chi connectivity index (χ1n) is 7.63. The third-order valence-electron chi connectivity index (χ3n) is 5.08. The molecule has 2 aliphatic rings. The number of hydrogen-bond acceptors (Lipinski definition) is 1. The number of fused-ring (bicyclic) bond motifs is 3. The van der Waals surface area contributed by atoms with Gasteiger partial charge in [0.1, 0.15) is 6.54 Å². The molecule has 3 nitrogen and oxygen atoms in total. The van der Waals surface area contributed by atoms with Crippen molar-refractivity contribution in [2.75, 3.05) is 0 Å². The Morgan fingerprint density at radius 1 is 1.20 bits per heavy atom. The lowest BCUT2D eigenvalue weighted by molar-refractivity contribution is -0.122. The molecule has 1 aromatic heterocycles. The van der Waals surface area contributed by atoms with E-state index in [0.717, 1.165) is 17.4 Å². The van der Waals surface area contributed by atoms with Gasteiger partial charge in [-0.15, -0.1) is 0 Å². The predicted molar refractivity (Wildman–Crippen MR) is 79.3 cm³/mol. The standard InChI is InChI=1S/C17H20N2O/c20-17(18-15-10-12-5-6-14(15)9-12)11-19-8-7-13-3-1-2-4-16(13)19/h1-4,7-8,12,14-15H,5-6,9-11H2,(H,18,20). The Kier molecular flexibility index (Phi) is 2.79. The molecule has 20 heavy (non-hydrogen) atoms. The highest BCUT2D eigenvalue weighted by molar-refractivity contribution is 5.83. The Bertz CT molecular complexity index is 645. The fourth-order valence-corrected chi connectivity index (χ4v) is 4.11. The maximum Gasteiger partial charge on any atom is 0.240 e. The molecule has 3 atom stereocenters. The predicted octanol–water partition coefficient (Wildman–Crippen LogP) is 2.95. The molecular weight excluding hydrogens is 248 g/mol. The number of aromatic nitrogens is 1. The molecule has 0 radical (unpaired) electrons. The molecule has 2 aliphatic carbocycles. The van der Waals surface area contributed by atoms with E-state index < -0.39 is 0 Å². The topological polar surface area (TPSA) is 34.0 Å². The Morgan fingerprint density at radius 3 is 2.90 bits per heavy atom. The zero-order chi connectivity index (χ0) is 13.5. The molecular formula is C17H20N2O. The van der Waals surface area contributed by atoms with Crippen molar-refractivity contribution in [1.82, 2.24) is 9.88 Å². The third-order valence-corrected chi connectivity index (χ3v) is 5.08. The minimum Gasteiger partial charge on any atom is -0.352 e. The number of hydrogen-bond donors (Lipinski definition) is 1. The fourth-order valence-electron chi connectivity index (χ4n) is 4.11. The summed E-state index contributed by atoms with van der Waals surface area (Å²) in [6.07, 6.45) is 7.21. The molecule has 2 saturated carbocycles. The van der Waals surface area contributed by atoms with E-state index in [2.05, 4.69) is 23.5 Å². The van der Waals surface area contributed by atoms with Crippen LogP contribution in [0, 0.1) is 11.8 Å². The molecule has 1 aromatic carbocycles. The van der Waals surface area contributed by atoms with E-state index in [9.17, 15) is 4.79 Å². The Balaban J connectivity index is 1.45. The van der Waals surface area contributed by atoms with E-state index in [-0.39, 0.29) is 5.91 Å². The van der Waals surface area contributed by atoms with Crippen molar-refractivity contribution in [3.8, 4) is 0 Å². The van der Waals surface area contributed by atoms with Crippen molar-refractivity contribution >= 4 is 16.8 Å². The molecule has 2 aromatic rings. The SMILES string of the molecule is O=C(Cn1ccc2ccccc21)NC1CC2CCC1C2. The molecule has 1 amide bonds. The average molecular weight is 268 g/mol. The number of benzene rings is 1. The maximum absolute atomic E-state index is 12.3. The second-order valence-electron chi connectivity index (χ2n) is 6.35. The van der Waals surface area contributed by atoms with Gasteiger partial charge in [0.05, 0.1) is 0 Å². The van der Waals surface area contributed by atoms with Gasteiger partial charge in [-0.3, -0.25) is 4.79 Å². The van der Waals surface area contributed by atoms with Crippen LogP contribution in [0.25, 0.3) is 10.9 Å². The number of carbonyl (C=O) groups excluding carboxylic acids is 1. The normalized spacial score (nSPS) is 28.1. The van der Waals surface area contributed by atoms with Crippen LogP contribution in [-0.2, 0) is 11.3 Å². The van der Waals surface area contributed by atoms with Gasteiger partial charge in [0, 0.05) is 17.8 Å². The molecule has 1 N–H and O–H groups in total. The first-order valence-corrected chi connectivity index (χ1v) is 7.63. The summed E-state index contributed by atoms with van der Waals surface area (Å²) in [4.78, 5) is 12.3. The van der Waals surface area contributed by atoms with Gasteiger partial charge in [-0.1, -0.05) is 24.6 Å². The summed E-state index contributed by atoms with van der Waals surface area (Å²) >= 11 is 0. The first kappa shape index (κ1) is 12.0. The highest BCUT2D eigenvalue weighted by Gasteiger charge is 2.39. The second-order valence-corrected chi connectivity index (χ2v) is 6.35. The van der Waals surface area contributed by atoms with Crippen molar-refractivity contribution in [2.45, 2.75) is 38.3 Å². The summed E-state index contributed by atoms with van der Waals surface area (Å²) < 4.78 is 2.04. The van der Waals surface area contributed by atoms with Crippen LogP contribution in [-0.4, -0.2) is 16.5 Å². The van der Waals surface area contributed by atoms with E-state index in [1.165, 1.54) is 31.1 Å². The van der Waals surface area contributed by atoms with Crippen LogP contribution in [0.1, 0.15) is 25.7 Å². The number of para-hydroxylation sites is 1. The van der Waals surface area contributed by atoms with E-state index >= 15 is 0 Å². The van der Waals surface area contributed by atoms with Gasteiger partial charge in [0.15, 0.2) is 0 Å². The maximum atomic E-state index is 12.3. The van der Waals surface area contributed by atoms with Crippen LogP contribution in [0.4, 0.5) is 0 Å². The van der Waals surface area contributed by atoms with E-state index in [0.29, 0.717) is 12.6 Å². The van der Waals surface area contributed by atoms with E-state index in [4.69, 9.17) is 0 Å². The third kappa shape index (κ3) is 2.01. The summed E-state index contributed by atoms with van der Waals surface area (Å²) in [5, 5.41) is 4.45. The number of amides is 1. The molecule has 1 heterocycles. The smallest absolute Gasteiger partial charge is 0.240 e. The highest BCUT2D eigenvalue weighted by atomic mass is 16.2. The molecule has 0 saturated heterocycles. The Morgan fingerprint density at radius 2 is 2.10 bits per heavy atom. The summed E-state index contributed by atoms with van der Waals surface area (Å²) in [5.41, 5.74) is 1.13. The molecule has 0 aliphatic heterocycles. The fraction of sp³-hybridized carbons (Fsp3) is 0.471. The van der Waals surface area contributed by atoms with E-state index in [1.807, 2.05) is 22.9 Å². The van der Waals surface area contributed by atoms with Crippen LogP contribution in [0.2, 0.25) is 0 Å². The lowest BCUT2D eigenvalue weighted by Gasteiger charge is -2.23. The Hall–Kier alpha value is -1.77. The second kappa shape index (κ2) is 4.65. The van der Waals surface area contributed by atoms with E-state index in [1.54, 1.807) is 0 Å². The van der Waals surface area contributed by atoms with Crippen LogP contribution in [0.5, 0.6) is 0 Å². The molecule has 104 valence electrons. The largest absolute Gasteiger partial charge is 0.352 e. The van der Waals surface area contributed by atoms with Crippen molar-refractivity contribution in [3.05, 3.63) is 36.5 Å². The number of nitrogens with zero attached hydrogens (tertiary/aromatic N) is 1. The van der Waals surface area contributed by atoms with Crippen LogP contribution in [0.3, 0.4) is 0 Å². The average Bonchev–Trinajstić information content (AvgIpc) is 3.14. The molecule has 2 fully saturated rings.